The molecule has 94 valence electrons. The van der Waals surface area contributed by atoms with Crippen molar-refractivity contribution in [1.82, 2.24) is 10.2 Å². The highest BCUT2D eigenvalue weighted by Gasteiger charge is 2.16. The van der Waals surface area contributed by atoms with E-state index < -0.39 is 0 Å². The molecule has 1 rings (SSSR count). The van der Waals surface area contributed by atoms with E-state index >= 15 is 0 Å². The molecule has 1 amide bonds. The molecule has 1 N–H and O–H groups in total. The fourth-order valence-corrected chi connectivity index (χ4v) is 1.71. The summed E-state index contributed by atoms with van der Waals surface area (Å²) in [7, 11) is 1.87. The quantitative estimate of drug-likeness (QED) is 0.817. The Kier molecular flexibility index (Phi) is 5.70. The largest absolute Gasteiger partial charge is 0.336 e. The lowest BCUT2D eigenvalue weighted by molar-refractivity contribution is -0.133. The summed E-state index contributed by atoms with van der Waals surface area (Å²) < 4.78 is 0. The molecule has 17 heavy (non-hydrogen) atoms. The first kappa shape index (κ1) is 13.7. The average Bonchev–Trinajstić information content (AvgIpc) is 2.34. The lowest BCUT2D eigenvalue weighted by Crippen LogP contribution is -2.37. The van der Waals surface area contributed by atoms with Crippen LogP contribution >= 0.6 is 0 Å². The Balaban J connectivity index is 2.63. The van der Waals surface area contributed by atoms with Crippen molar-refractivity contribution in [1.29, 1.82) is 0 Å². The number of rotatable bonds is 6. The van der Waals surface area contributed by atoms with Crippen molar-refractivity contribution in [2.75, 3.05) is 13.6 Å². The van der Waals surface area contributed by atoms with Gasteiger partial charge in [0, 0.05) is 25.6 Å². The van der Waals surface area contributed by atoms with Crippen LogP contribution in [0, 0.1) is 0 Å². The van der Waals surface area contributed by atoms with E-state index in [1.54, 1.807) is 0 Å². The molecule has 0 fully saturated rings. The van der Waals surface area contributed by atoms with Crippen LogP contribution in [0.5, 0.6) is 0 Å². The van der Waals surface area contributed by atoms with Gasteiger partial charge in [0.1, 0.15) is 0 Å². The van der Waals surface area contributed by atoms with Gasteiger partial charge in [0.25, 0.3) is 0 Å². The second kappa shape index (κ2) is 7.07. The van der Waals surface area contributed by atoms with Gasteiger partial charge in [-0.05, 0) is 26.5 Å². The summed E-state index contributed by atoms with van der Waals surface area (Å²) in [6.45, 7) is 5.54. The molecule has 0 atom stereocenters. The van der Waals surface area contributed by atoms with Gasteiger partial charge in [0.15, 0.2) is 0 Å². The van der Waals surface area contributed by atoms with Gasteiger partial charge in [-0.2, -0.15) is 0 Å². The summed E-state index contributed by atoms with van der Waals surface area (Å²) in [6.07, 6.45) is 0.557. The molecule has 0 saturated carbocycles. The summed E-state index contributed by atoms with van der Waals surface area (Å²) in [5, 5.41) is 3.01. The molecule has 0 radical (unpaired) electrons. The molecule has 3 nitrogen and oxygen atoms in total. The lowest BCUT2D eigenvalue weighted by atomic mass is 10.1. The van der Waals surface area contributed by atoms with Crippen LogP contribution in [0.1, 0.15) is 25.8 Å². The third-order valence-corrected chi connectivity index (χ3v) is 2.73. The predicted molar refractivity (Wildman–Crippen MR) is 70.7 cm³/mol. The minimum atomic E-state index is 0.207. The van der Waals surface area contributed by atoms with Crippen molar-refractivity contribution < 1.29 is 4.79 Å². The number of carbonyl (C=O) groups is 1. The van der Waals surface area contributed by atoms with Crippen LogP contribution in [-0.2, 0) is 11.3 Å². The van der Waals surface area contributed by atoms with Crippen LogP contribution in [0.4, 0.5) is 0 Å². The van der Waals surface area contributed by atoms with E-state index in [1.165, 1.54) is 5.56 Å². The minimum absolute atomic E-state index is 0.207. The van der Waals surface area contributed by atoms with E-state index in [0.29, 0.717) is 13.0 Å². The van der Waals surface area contributed by atoms with Crippen LogP contribution in [0.3, 0.4) is 0 Å². The van der Waals surface area contributed by atoms with Crippen LogP contribution in [0.25, 0.3) is 0 Å². The molecule has 0 aliphatic carbocycles. The summed E-state index contributed by atoms with van der Waals surface area (Å²) in [4.78, 5) is 14.0. The maximum absolute atomic E-state index is 12.0. The SMILES string of the molecule is CNCCC(=O)N(Cc1ccccc1)C(C)C. The molecule has 3 heteroatoms. The highest BCUT2D eigenvalue weighted by molar-refractivity contribution is 5.76. The second-order valence-corrected chi connectivity index (χ2v) is 4.45. The first-order valence-corrected chi connectivity index (χ1v) is 6.13. The second-order valence-electron chi connectivity index (χ2n) is 4.45. The molecule has 0 bridgehead atoms. The molecule has 0 aromatic heterocycles. The van der Waals surface area contributed by atoms with Gasteiger partial charge in [0.2, 0.25) is 5.91 Å². The number of amides is 1. The molecule has 0 aliphatic heterocycles. The number of benzene rings is 1. The standard InChI is InChI=1S/C14H22N2O/c1-12(2)16(14(17)9-10-15-3)11-13-7-5-4-6-8-13/h4-8,12,15H,9-11H2,1-3H3. The molecule has 0 saturated heterocycles. The van der Waals surface area contributed by atoms with Gasteiger partial charge in [-0.1, -0.05) is 30.3 Å². The normalized spacial score (nSPS) is 10.6. The molecule has 0 spiro atoms. The van der Waals surface area contributed by atoms with E-state index in [0.717, 1.165) is 6.54 Å². The Morgan fingerprint density at radius 3 is 2.47 bits per heavy atom. The van der Waals surface area contributed by atoms with E-state index in [9.17, 15) is 4.79 Å². The molecular weight excluding hydrogens is 212 g/mol. The highest BCUT2D eigenvalue weighted by Crippen LogP contribution is 2.09. The Bertz CT molecular complexity index is 335. The van der Waals surface area contributed by atoms with E-state index in [-0.39, 0.29) is 11.9 Å². The molecule has 1 aromatic carbocycles. The minimum Gasteiger partial charge on any atom is -0.336 e. The number of nitrogens with one attached hydrogen (secondary N) is 1. The summed E-state index contributed by atoms with van der Waals surface area (Å²) in [6, 6.07) is 10.4. The zero-order chi connectivity index (χ0) is 12.7. The fourth-order valence-electron chi connectivity index (χ4n) is 1.71. The summed E-state index contributed by atoms with van der Waals surface area (Å²) >= 11 is 0. The van der Waals surface area contributed by atoms with Crippen LogP contribution < -0.4 is 5.32 Å². The molecule has 0 aliphatic rings. The molecule has 1 aromatic rings. The van der Waals surface area contributed by atoms with Gasteiger partial charge in [-0.15, -0.1) is 0 Å². The van der Waals surface area contributed by atoms with Crippen molar-refractivity contribution in [3.05, 3.63) is 35.9 Å². The van der Waals surface area contributed by atoms with Gasteiger partial charge in [0.05, 0.1) is 0 Å². The van der Waals surface area contributed by atoms with Crippen LogP contribution in [0.15, 0.2) is 30.3 Å². The van der Waals surface area contributed by atoms with Gasteiger partial charge >= 0.3 is 0 Å². The van der Waals surface area contributed by atoms with Crippen molar-refractivity contribution in [3.63, 3.8) is 0 Å². The number of nitrogens with zero attached hydrogens (tertiary/aromatic N) is 1. The number of hydrogen-bond acceptors (Lipinski definition) is 2. The maximum Gasteiger partial charge on any atom is 0.224 e. The average molecular weight is 234 g/mol. The molecule has 0 heterocycles. The van der Waals surface area contributed by atoms with Gasteiger partial charge in [-0.25, -0.2) is 0 Å². The lowest BCUT2D eigenvalue weighted by Gasteiger charge is -2.27. The van der Waals surface area contributed by atoms with E-state index in [2.05, 4.69) is 31.3 Å². The van der Waals surface area contributed by atoms with Crippen molar-refractivity contribution in [2.24, 2.45) is 0 Å². The zero-order valence-electron chi connectivity index (χ0n) is 10.9. The molecular formula is C14H22N2O. The summed E-state index contributed by atoms with van der Waals surface area (Å²) in [5.74, 6) is 0.207. The Hall–Kier alpha value is -1.35. The van der Waals surface area contributed by atoms with Crippen LogP contribution in [-0.4, -0.2) is 30.4 Å². The van der Waals surface area contributed by atoms with E-state index in [4.69, 9.17) is 0 Å². The zero-order valence-corrected chi connectivity index (χ0v) is 10.9. The first-order chi connectivity index (χ1) is 8.15. The van der Waals surface area contributed by atoms with Crippen LogP contribution in [0.2, 0.25) is 0 Å². The smallest absolute Gasteiger partial charge is 0.224 e. The van der Waals surface area contributed by atoms with Crippen molar-refractivity contribution in [3.8, 4) is 0 Å². The Morgan fingerprint density at radius 2 is 1.94 bits per heavy atom. The monoisotopic (exact) mass is 234 g/mol. The van der Waals surface area contributed by atoms with E-state index in [1.807, 2.05) is 30.1 Å². The predicted octanol–water partition coefficient (Wildman–Crippen LogP) is 2.03. The van der Waals surface area contributed by atoms with Gasteiger partial charge in [-0.3, -0.25) is 4.79 Å². The summed E-state index contributed by atoms with van der Waals surface area (Å²) in [5.41, 5.74) is 1.18. The first-order valence-electron chi connectivity index (χ1n) is 6.13. The fraction of sp³-hybridized carbons (Fsp3) is 0.500. The highest BCUT2D eigenvalue weighted by atomic mass is 16.2. The maximum atomic E-state index is 12.0. The van der Waals surface area contributed by atoms with Crippen molar-refractivity contribution in [2.45, 2.75) is 32.9 Å². The third kappa shape index (κ3) is 4.57. The topological polar surface area (TPSA) is 32.3 Å². The van der Waals surface area contributed by atoms with Crippen molar-refractivity contribution >= 4 is 5.91 Å². The Morgan fingerprint density at radius 1 is 1.29 bits per heavy atom. The number of hydrogen-bond donors (Lipinski definition) is 1. The third-order valence-electron chi connectivity index (χ3n) is 2.73. The number of carbonyl (C=O) groups excluding carboxylic acids is 1. The molecule has 0 unspecified atom stereocenters. The van der Waals surface area contributed by atoms with Gasteiger partial charge < -0.3 is 10.2 Å². The Labute approximate surface area is 104 Å².